The number of hydrogen-bond acceptors (Lipinski definition) is 4. The average molecular weight is 403 g/mol. The highest BCUT2D eigenvalue weighted by Crippen LogP contribution is 2.20. The molecule has 0 saturated carbocycles. The minimum Gasteiger partial charge on any atom is -0.361 e. The molecule has 3 aromatic heterocycles. The Morgan fingerprint density at radius 2 is 1.93 bits per heavy atom. The summed E-state index contributed by atoms with van der Waals surface area (Å²) >= 11 is 0. The maximum Gasteiger partial charge on any atom is 0.227 e. The number of fused-ring (bicyclic) bond motifs is 2. The van der Waals surface area contributed by atoms with E-state index in [0.29, 0.717) is 6.42 Å². The minimum atomic E-state index is 0.202. The SMILES string of the molecule is Cc1nn(C)c2ncc(CN3CCN(C(=O)Cc4c[nH]c5ccccc45)CC3)cc12. The van der Waals surface area contributed by atoms with Crippen LogP contribution in [0.25, 0.3) is 21.9 Å². The maximum absolute atomic E-state index is 12.8. The van der Waals surface area contributed by atoms with Crippen LogP contribution < -0.4 is 0 Å². The van der Waals surface area contributed by atoms with Crippen molar-refractivity contribution in [3.8, 4) is 0 Å². The van der Waals surface area contributed by atoms with Crippen LogP contribution in [0.1, 0.15) is 16.8 Å². The van der Waals surface area contributed by atoms with Crippen molar-refractivity contribution in [2.24, 2.45) is 7.05 Å². The van der Waals surface area contributed by atoms with Crippen LogP contribution in [0, 0.1) is 6.92 Å². The van der Waals surface area contributed by atoms with Gasteiger partial charge in [-0.05, 0) is 30.2 Å². The number of piperazine rings is 1. The van der Waals surface area contributed by atoms with Crippen molar-refractivity contribution in [1.29, 1.82) is 0 Å². The molecule has 1 saturated heterocycles. The summed E-state index contributed by atoms with van der Waals surface area (Å²) in [6.45, 7) is 6.16. The molecule has 154 valence electrons. The highest BCUT2D eigenvalue weighted by atomic mass is 16.2. The Morgan fingerprint density at radius 3 is 2.77 bits per heavy atom. The van der Waals surface area contributed by atoms with E-state index in [1.807, 2.05) is 54.1 Å². The molecule has 1 N–H and O–H groups in total. The number of para-hydroxylation sites is 1. The van der Waals surface area contributed by atoms with Gasteiger partial charge in [0.15, 0.2) is 5.65 Å². The van der Waals surface area contributed by atoms with Crippen molar-refractivity contribution in [3.63, 3.8) is 0 Å². The van der Waals surface area contributed by atoms with Gasteiger partial charge in [0, 0.05) is 68.5 Å². The van der Waals surface area contributed by atoms with Gasteiger partial charge < -0.3 is 9.88 Å². The summed E-state index contributed by atoms with van der Waals surface area (Å²) < 4.78 is 1.83. The molecule has 1 amide bonds. The third-order valence-electron chi connectivity index (χ3n) is 6.07. The van der Waals surface area contributed by atoms with Crippen LogP contribution >= 0.6 is 0 Å². The van der Waals surface area contributed by atoms with E-state index in [9.17, 15) is 4.79 Å². The number of aryl methyl sites for hydroxylation is 2. The Balaban J connectivity index is 1.20. The monoisotopic (exact) mass is 402 g/mol. The van der Waals surface area contributed by atoms with E-state index in [-0.39, 0.29) is 5.91 Å². The molecule has 5 rings (SSSR count). The molecule has 1 aromatic carbocycles. The Kier molecular flexibility index (Phi) is 4.75. The molecule has 1 aliphatic heterocycles. The highest BCUT2D eigenvalue weighted by molar-refractivity contribution is 5.89. The molecule has 30 heavy (non-hydrogen) atoms. The van der Waals surface area contributed by atoms with Crippen LogP contribution in [-0.2, 0) is 24.8 Å². The largest absolute Gasteiger partial charge is 0.361 e. The summed E-state index contributed by atoms with van der Waals surface area (Å²) in [5, 5.41) is 6.70. The second kappa shape index (κ2) is 7.57. The lowest BCUT2D eigenvalue weighted by molar-refractivity contribution is -0.132. The smallest absolute Gasteiger partial charge is 0.227 e. The van der Waals surface area contributed by atoms with Crippen LogP contribution in [0.15, 0.2) is 42.7 Å². The lowest BCUT2D eigenvalue weighted by atomic mass is 10.1. The zero-order valence-electron chi connectivity index (χ0n) is 17.4. The first-order valence-corrected chi connectivity index (χ1v) is 10.4. The van der Waals surface area contributed by atoms with Gasteiger partial charge in [-0.3, -0.25) is 14.4 Å². The number of aromatic amines is 1. The number of nitrogens with zero attached hydrogens (tertiary/aromatic N) is 5. The van der Waals surface area contributed by atoms with Gasteiger partial charge in [-0.15, -0.1) is 0 Å². The minimum absolute atomic E-state index is 0.202. The number of pyridine rings is 1. The number of H-pyrrole nitrogens is 1. The first kappa shape index (κ1) is 18.8. The number of hydrogen-bond donors (Lipinski definition) is 1. The van der Waals surface area contributed by atoms with Crippen molar-refractivity contribution in [3.05, 3.63) is 59.5 Å². The van der Waals surface area contributed by atoms with Gasteiger partial charge in [-0.25, -0.2) is 4.98 Å². The second-order valence-corrected chi connectivity index (χ2v) is 8.12. The molecule has 0 aliphatic carbocycles. The zero-order valence-corrected chi connectivity index (χ0v) is 17.4. The fourth-order valence-electron chi connectivity index (χ4n) is 4.40. The zero-order chi connectivity index (χ0) is 20.7. The van der Waals surface area contributed by atoms with Crippen molar-refractivity contribution >= 4 is 27.8 Å². The Bertz CT molecular complexity index is 1220. The number of rotatable bonds is 4. The molecule has 4 aromatic rings. The molecule has 0 atom stereocenters. The lowest BCUT2D eigenvalue weighted by Gasteiger charge is -2.34. The third kappa shape index (κ3) is 3.45. The van der Waals surface area contributed by atoms with E-state index in [2.05, 4.69) is 32.1 Å². The summed E-state index contributed by atoms with van der Waals surface area (Å²) in [4.78, 5) is 25.1. The molecule has 0 radical (unpaired) electrons. The van der Waals surface area contributed by atoms with Gasteiger partial charge in [0.1, 0.15) is 0 Å². The standard InChI is InChI=1S/C23H26N6O/c1-16-20-11-17(13-25-23(20)27(2)26-16)15-28-7-9-29(10-8-28)22(30)12-18-14-24-21-6-4-3-5-19(18)21/h3-6,11,13-14,24H,7-10,12,15H2,1-2H3. The van der Waals surface area contributed by atoms with E-state index < -0.39 is 0 Å². The summed E-state index contributed by atoms with van der Waals surface area (Å²) in [5.41, 5.74) is 5.28. The third-order valence-corrected chi connectivity index (χ3v) is 6.07. The molecular formula is C23H26N6O. The number of carbonyl (C=O) groups is 1. The maximum atomic E-state index is 12.8. The molecule has 0 spiro atoms. The van der Waals surface area contributed by atoms with Gasteiger partial charge in [0.05, 0.1) is 12.1 Å². The molecule has 0 bridgehead atoms. The van der Waals surface area contributed by atoms with Crippen LogP contribution in [0.5, 0.6) is 0 Å². The normalized spacial score (nSPS) is 15.3. The molecule has 1 aliphatic rings. The van der Waals surface area contributed by atoms with Gasteiger partial charge >= 0.3 is 0 Å². The highest BCUT2D eigenvalue weighted by Gasteiger charge is 2.22. The van der Waals surface area contributed by atoms with Crippen molar-refractivity contribution in [2.45, 2.75) is 19.9 Å². The van der Waals surface area contributed by atoms with Gasteiger partial charge in [-0.1, -0.05) is 18.2 Å². The molecule has 4 heterocycles. The summed E-state index contributed by atoms with van der Waals surface area (Å²) in [6.07, 6.45) is 4.35. The average Bonchev–Trinajstić information content (AvgIpc) is 3.29. The van der Waals surface area contributed by atoms with Crippen molar-refractivity contribution in [2.75, 3.05) is 26.2 Å². The molecule has 7 nitrogen and oxygen atoms in total. The van der Waals surface area contributed by atoms with E-state index >= 15 is 0 Å². The number of amides is 1. The predicted octanol–water partition coefficient (Wildman–Crippen LogP) is 2.64. The van der Waals surface area contributed by atoms with Crippen molar-refractivity contribution in [1.82, 2.24) is 29.5 Å². The number of benzene rings is 1. The van der Waals surface area contributed by atoms with Crippen LogP contribution in [0.4, 0.5) is 0 Å². The Labute approximate surface area is 175 Å². The topological polar surface area (TPSA) is 70.1 Å². The summed E-state index contributed by atoms with van der Waals surface area (Å²) in [6, 6.07) is 10.3. The van der Waals surface area contributed by atoms with Crippen LogP contribution in [-0.4, -0.2) is 61.6 Å². The Morgan fingerprint density at radius 1 is 1.13 bits per heavy atom. The quantitative estimate of drug-likeness (QED) is 0.570. The molecular weight excluding hydrogens is 376 g/mol. The first-order valence-electron chi connectivity index (χ1n) is 10.4. The fraction of sp³-hybridized carbons (Fsp3) is 0.348. The summed E-state index contributed by atoms with van der Waals surface area (Å²) in [7, 11) is 1.93. The number of aromatic nitrogens is 4. The van der Waals surface area contributed by atoms with E-state index in [1.165, 1.54) is 5.56 Å². The molecule has 1 fully saturated rings. The van der Waals surface area contributed by atoms with E-state index in [1.54, 1.807) is 0 Å². The fourth-order valence-corrected chi connectivity index (χ4v) is 4.40. The van der Waals surface area contributed by atoms with E-state index in [4.69, 9.17) is 0 Å². The Hall–Kier alpha value is -3.19. The molecule has 7 heteroatoms. The van der Waals surface area contributed by atoms with Crippen LogP contribution in [0.2, 0.25) is 0 Å². The lowest BCUT2D eigenvalue weighted by Crippen LogP contribution is -2.48. The molecule has 0 unspecified atom stereocenters. The van der Waals surface area contributed by atoms with Gasteiger partial charge in [-0.2, -0.15) is 5.10 Å². The van der Waals surface area contributed by atoms with E-state index in [0.717, 1.165) is 65.9 Å². The first-order chi connectivity index (χ1) is 14.6. The predicted molar refractivity (Wildman–Crippen MR) is 117 cm³/mol. The second-order valence-electron chi connectivity index (χ2n) is 8.12. The van der Waals surface area contributed by atoms with Gasteiger partial charge in [0.2, 0.25) is 5.91 Å². The number of carbonyl (C=O) groups excluding carboxylic acids is 1. The van der Waals surface area contributed by atoms with Crippen molar-refractivity contribution < 1.29 is 4.79 Å². The van der Waals surface area contributed by atoms with Crippen LogP contribution in [0.3, 0.4) is 0 Å². The van der Waals surface area contributed by atoms with Gasteiger partial charge in [0.25, 0.3) is 0 Å². The number of nitrogens with one attached hydrogen (secondary N) is 1. The summed E-state index contributed by atoms with van der Waals surface area (Å²) in [5.74, 6) is 0.202.